The maximum atomic E-state index is 5.28. The van der Waals surface area contributed by atoms with Gasteiger partial charge in [0.1, 0.15) is 0 Å². The van der Waals surface area contributed by atoms with Crippen molar-refractivity contribution in [3.05, 3.63) is 271 Å². The quantitative estimate of drug-likeness (QED) is 0.129. The number of aryl methyl sites for hydroxylation is 4. The first-order chi connectivity index (χ1) is 35.9. The van der Waals surface area contributed by atoms with Crippen LogP contribution in [0.3, 0.4) is 0 Å². The summed E-state index contributed by atoms with van der Waals surface area (Å²) >= 11 is 0. The molecule has 0 aliphatic carbocycles. The van der Waals surface area contributed by atoms with Crippen molar-refractivity contribution < 1.29 is 0 Å². The maximum Gasteiger partial charge on any atom is 0.160 e. The highest BCUT2D eigenvalue weighted by atomic mass is 15.1. The Hall–Kier alpha value is -9.32. The number of hydrogen-bond acceptors (Lipinski definition) is 4. The molecule has 350 valence electrons. The molecule has 5 nitrogen and oxygen atoms in total. The molecule has 0 saturated carbocycles. The molecule has 2 aromatic heterocycles. The summed E-state index contributed by atoms with van der Waals surface area (Å²) in [5.74, 6) is 0.735. The highest BCUT2D eigenvalue weighted by Gasteiger charge is 2.21. The first-order valence-corrected chi connectivity index (χ1v) is 25.0. The van der Waals surface area contributed by atoms with E-state index in [0.717, 1.165) is 101 Å². The van der Waals surface area contributed by atoms with Gasteiger partial charge < -0.3 is 14.4 Å². The van der Waals surface area contributed by atoms with Crippen LogP contribution in [0.25, 0.3) is 72.5 Å². The number of hydrogen-bond donors (Lipinski definition) is 0. The number of benzene rings is 10. The largest absolute Gasteiger partial charge is 0.310 e. The number of anilines is 6. The molecule has 12 rings (SSSR count). The van der Waals surface area contributed by atoms with E-state index in [1.807, 2.05) is 0 Å². The number of nitrogens with zero attached hydrogens (tertiary/aromatic N) is 5. The molecule has 10 aromatic carbocycles. The van der Waals surface area contributed by atoms with Gasteiger partial charge in [0.2, 0.25) is 0 Å². The molecule has 0 N–H and O–H groups in total. The highest BCUT2D eigenvalue weighted by Crippen LogP contribution is 2.43. The second-order valence-corrected chi connectivity index (χ2v) is 18.9. The van der Waals surface area contributed by atoms with Gasteiger partial charge in [-0.15, -0.1) is 0 Å². The van der Waals surface area contributed by atoms with Crippen molar-refractivity contribution in [2.45, 2.75) is 27.7 Å². The van der Waals surface area contributed by atoms with Gasteiger partial charge in [0.15, 0.2) is 5.82 Å². The van der Waals surface area contributed by atoms with Crippen LogP contribution < -0.4 is 9.80 Å². The Kier molecular flexibility index (Phi) is 11.7. The average Bonchev–Trinajstić information content (AvgIpc) is 3.75. The minimum Gasteiger partial charge on any atom is -0.310 e. The Labute approximate surface area is 427 Å². The molecule has 0 amide bonds. The summed E-state index contributed by atoms with van der Waals surface area (Å²) < 4.78 is 2.42. The summed E-state index contributed by atoms with van der Waals surface area (Å²) in [6, 6.07) is 89.0. The third-order valence-corrected chi connectivity index (χ3v) is 14.1. The number of aromatic nitrogens is 3. The van der Waals surface area contributed by atoms with E-state index in [1.54, 1.807) is 0 Å². The van der Waals surface area contributed by atoms with Crippen LogP contribution in [0, 0.1) is 27.7 Å². The molecule has 0 aliphatic rings. The maximum absolute atomic E-state index is 5.28. The fourth-order valence-corrected chi connectivity index (χ4v) is 10.6. The minimum absolute atomic E-state index is 0.735. The second-order valence-electron chi connectivity index (χ2n) is 18.9. The fourth-order valence-electron chi connectivity index (χ4n) is 10.6. The number of fused-ring (bicyclic) bond motifs is 3. The monoisotopic (exact) mass is 939 g/mol. The molecule has 12 aromatic rings. The molecule has 0 radical (unpaired) electrons. The van der Waals surface area contributed by atoms with Crippen LogP contribution in [0.5, 0.6) is 0 Å². The lowest BCUT2D eigenvalue weighted by Crippen LogP contribution is -2.09. The molecular weight excluding hydrogens is 887 g/mol. The van der Waals surface area contributed by atoms with Crippen LogP contribution in [-0.4, -0.2) is 14.5 Å². The third kappa shape index (κ3) is 8.51. The van der Waals surface area contributed by atoms with E-state index >= 15 is 0 Å². The Morgan fingerprint density at radius 3 is 1.18 bits per heavy atom. The Balaban J connectivity index is 0.976. The zero-order chi connectivity index (χ0) is 49.4. The molecule has 2 heterocycles. The topological polar surface area (TPSA) is 37.2 Å². The van der Waals surface area contributed by atoms with Crippen LogP contribution in [0.15, 0.2) is 249 Å². The van der Waals surface area contributed by atoms with E-state index in [9.17, 15) is 0 Å². The van der Waals surface area contributed by atoms with E-state index in [4.69, 9.17) is 9.97 Å². The molecule has 73 heavy (non-hydrogen) atoms. The summed E-state index contributed by atoms with van der Waals surface area (Å²) in [6.45, 7) is 8.68. The average molecular weight is 940 g/mol. The van der Waals surface area contributed by atoms with Gasteiger partial charge in [-0.05, 0) is 164 Å². The van der Waals surface area contributed by atoms with Crippen LogP contribution in [0.2, 0.25) is 0 Å². The molecule has 0 fully saturated rings. The van der Waals surface area contributed by atoms with Crippen LogP contribution >= 0.6 is 0 Å². The first kappa shape index (κ1) is 44.9. The van der Waals surface area contributed by atoms with Gasteiger partial charge in [-0.2, -0.15) is 0 Å². The summed E-state index contributed by atoms with van der Waals surface area (Å²) in [6.07, 6.45) is 0. The number of rotatable bonds is 11. The molecule has 0 atom stereocenters. The molecule has 0 spiro atoms. The zero-order valence-electron chi connectivity index (χ0n) is 41.4. The van der Waals surface area contributed by atoms with Crippen molar-refractivity contribution in [3.8, 4) is 50.7 Å². The standard InChI is InChI=1S/C68H53N5/c1-46-21-17-19-31-59(46)63-45-64(70-68(69-63)60-32-20-18-22-47(60)2)67-48(3)41-51(42-49(67)4)50-33-35-56(36-34-50)73-65-39-37-57(71(52-23-9-5-10-24-52)53-25-11-6-12-26-53)43-61(65)62-44-58(38-40-66(62)73)72(54-27-13-7-14-28-54)55-29-15-8-16-30-55/h5-45H,1-4H3. The Morgan fingerprint density at radius 1 is 0.315 bits per heavy atom. The van der Waals surface area contributed by atoms with Gasteiger partial charge in [0.25, 0.3) is 0 Å². The molecule has 0 saturated heterocycles. The van der Waals surface area contributed by atoms with Gasteiger partial charge in [0, 0.05) is 67.3 Å². The summed E-state index contributed by atoms with van der Waals surface area (Å²) in [5.41, 5.74) is 22.0. The summed E-state index contributed by atoms with van der Waals surface area (Å²) in [4.78, 5) is 15.1. The van der Waals surface area contributed by atoms with Crippen molar-refractivity contribution in [2.75, 3.05) is 9.80 Å². The van der Waals surface area contributed by atoms with Gasteiger partial charge >= 0.3 is 0 Å². The van der Waals surface area contributed by atoms with Crippen molar-refractivity contribution in [3.63, 3.8) is 0 Å². The third-order valence-electron chi connectivity index (χ3n) is 14.1. The van der Waals surface area contributed by atoms with E-state index in [0.29, 0.717) is 0 Å². The van der Waals surface area contributed by atoms with E-state index in [1.165, 1.54) is 27.5 Å². The smallest absolute Gasteiger partial charge is 0.160 e. The SMILES string of the molecule is Cc1ccccc1-c1cc(-c2c(C)cc(-c3ccc(-n4c5ccc(N(c6ccccc6)c6ccccc6)cc5c5cc(N(c6ccccc6)c6ccccc6)ccc54)cc3)cc2C)nc(-c2ccccc2C)n1. The lowest BCUT2D eigenvalue weighted by atomic mass is 9.92. The molecule has 5 heteroatoms. The van der Waals surface area contributed by atoms with Crippen molar-refractivity contribution in [1.82, 2.24) is 14.5 Å². The van der Waals surface area contributed by atoms with Crippen molar-refractivity contribution >= 4 is 55.9 Å². The molecule has 0 bridgehead atoms. The predicted molar refractivity (Wildman–Crippen MR) is 306 cm³/mol. The molecule has 0 aliphatic heterocycles. The molecule has 0 unspecified atom stereocenters. The van der Waals surface area contributed by atoms with Gasteiger partial charge in [-0.25, -0.2) is 9.97 Å². The minimum atomic E-state index is 0.735. The van der Waals surface area contributed by atoms with E-state index in [2.05, 4.69) is 291 Å². The zero-order valence-corrected chi connectivity index (χ0v) is 41.4. The highest BCUT2D eigenvalue weighted by molar-refractivity contribution is 6.12. The van der Waals surface area contributed by atoms with E-state index in [-0.39, 0.29) is 0 Å². The normalized spacial score (nSPS) is 11.3. The summed E-state index contributed by atoms with van der Waals surface area (Å²) in [7, 11) is 0. The van der Waals surface area contributed by atoms with Gasteiger partial charge in [0.05, 0.1) is 22.4 Å². The lowest BCUT2D eigenvalue weighted by Gasteiger charge is -2.26. The van der Waals surface area contributed by atoms with E-state index < -0.39 is 0 Å². The second kappa shape index (κ2) is 19.1. The number of para-hydroxylation sites is 4. The van der Waals surface area contributed by atoms with Gasteiger partial charge in [-0.1, -0.05) is 146 Å². The first-order valence-electron chi connectivity index (χ1n) is 25.0. The predicted octanol–water partition coefficient (Wildman–Crippen LogP) is 18.4. The van der Waals surface area contributed by atoms with Crippen molar-refractivity contribution in [1.29, 1.82) is 0 Å². The lowest BCUT2D eigenvalue weighted by molar-refractivity contribution is 1.16. The van der Waals surface area contributed by atoms with Crippen LogP contribution in [0.1, 0.15) is 22.3 Å². The fraction of sp³-hybridized carbons (Fsp3) is 0.0588. The van der Waals surface area contributed by atoms with Gasteiger partial charge in [-0.3, -0.25) is 0 Å². The molecular formula is C68H53N5. The van der Waals surface area contributed by atoms with Crippen LogP contribution in [0.4, 0.5) is 34.1 Å². The summed E-state index contributed by atoms with van der Waals surface area (Å²) in [5, 5.41) is 2.33. The van der Waals surface area contributed by atoms with Crippen molar-refractivity contribution in [2.24, 2.45) is 0 Å². The Morgan fingerprint density at radius 2 is 0.726 bits per heavy atom. The Bertz CT molecular complexity index is 3630. The van der Waals surface area contributed by atoms with Crippen LogP contribution in [-0.2, 0) is 0 Å².